The number of fused-ring (bicyclic) bond motifs is 1. The third kappa shape index (κ3) is 2.57. The van der Waals surface area contributed by atoms with Crippen molar-refractivity contribution in [2.45, 2.75) is 26.4 Å². The van der Waals surface area contributed by atoms with Crippen LogP contribution in [0.25, 0.3) is 0 Å². The summed E-state index contributed by atoms with van der Waals surface area (Å²) in [6.45, 7) is 4.29. The Hall–Kier alpha value is -1.79. The Labute approximate surface area is 121 Å². The molecule has 0 aromatic carbocycles. The predicted molar refractivity (Wildman–Crippen MR) is 78.6 cm³/mol. The van der Waals surface area contributed by atoms with Gasteiger partial charge in [0.1, 0.15) is 0 Å². The molecule has 1 aliphatic rings. The molecule has 2 aromatic heterocycles. The zero-order valence-corrected chi connectivity index (χ0v) is 12.1. The molecule has 104 valence electrons. The molecule has 2 N–H and O–H groups in total. The highest BCUT2D eigenvalue weighted by atomic mass is 32.1. The summed E-state index contributed by atoms with van der Waals surface area (Å²) in [7, 11) is 0. The van der Waals surface area contributed by atoms with E-state index in [0.29, 0.717) is 5.95 Å². The van der Waals surface area contributed by atoms with Gasteiger partial charge in [-0.05, 0) is 18.9 Å². The molecule has 0 unspecified atom stereocenters. The van der Waals surface area contributed by atoms with E-state index in [-0.39, 0.29) is 5.78 Å². The minimum atomic E-state index is 0.169. The molecule has 3 rings (SSSR count). The maximum absolute atomic E-state index is 11.5. The van der Waals surface area contributed by atoms with Crippen molar-refractivity contribution in [1.82, 2.24) is 14.9 Å². The van der Waals surface area contributed by atoms with Gasteiger partial charge in [-0.25, -0.2) is 9.97 Å². The number of nitrogens with zero attached hydrogens (tertiary/aromatic N) is 3. The van der Waals surface area contributed by atoms with Crippen LogP contribution in [0.5, 0.6) is 0 Å². The summed E-state index contributed by atoms with van der Waals surface area (Å²) >= 11 is 1.68. The minimum Gasteiger partial charge on any atom is -0.368 e. The average molecular weight is 288 g/mol. The quantitative estimate of drug-likeness (QED) is 0.873. The van der Waals surface area contributed by atoms with E-state index in [9.17, 15) is 4.79 Å². The first kappa shape index (κ1) is 13.2. The second-order valence-corrected chi connectivity index (χ2v) is 5.98. The lowest BCUT2D eigenvalue weighted by Gasteiger charge is -2.26. The summed E-state index contributed by atoms with van der Waals surface area (Å²) in [5, 5.41) is 1.99. The molecule has 0 bridgehead atoms. The smallest absolute Gasteiger partial charge is 0.219 e. The molecular weight excluding hydrogens is 272 g/mol. The van der Waals surface area contributed by atoms with E-state index in [1.807, 2.05) is 5.38 Å². The number of aromatic nitrogens is 2. The Balaban J connectivity index is 1.73. The highest BCUT2D eigenvalue weighted by Gasteiger charge is 2.22. The number of carbonyl (C=O) groups excluding carboxylic acids is 1. The number of nitrogen functional groups attached to an aromatic ring is 1. The Kier molecular flexibility index (Phi) is 3.50. The molecule has 0 amide bonds. The van der Waals surface area contributed by atoms with Crippen LogP contribution in [0.4, 0.5) is 5.95 Å². The summed E-state index contributed by atoms with van der Waals surface area (Å²) in [6.07, 6.45) is 4.48. The van der Waals surface area contributed by atoms with Gasteiger partial charge in [0.15, 0.2) is 5.78 Å². The number of hydrogen-bond donors (Lipinski definition) is 1. The van der Waals surface area contributed by atoms with Gasteiger partial charge in [0.25, 0.3) is 0 Å². The topological polar surface area (TPSA) is 72.1 Å². The van der Waals surface area contributed by atoms with E-state index in [0.717, 1.165) is 37.2 Å². The van der Waals surface area contributed by atoms with Crippen LogP contribution in [-0.2, 0) is 19.5 Å². The van der Waals surface area contributed by atoms with Gasteiger partial charge < -0.3 is 5.73 Å². The van der Waals surface area contributed by atoms with Crippen molar-refractivity contribution in [3.63, 3.8) is 0 Å². The van der Waals surface area contributed by atoms with Crippen molar-refractivity contribution < 1.29 is 4.79 Å². The number of thiophene rings is 1. The van der Waals surface area contributed by atoms with E-state index in [4.69, 9.17) is 5.73 Å². The molecule has 1 aliphatic heterocycles. The van der Waals surface area contributed by atoms with E-state index in [1.165, 1.54) is 10.4 Å². The second-order valence-electron chi connectivity index (χ2n) is 5.02. The molecular formula is C14H16N4OS. The first-order chi connectivity index (χ1) is 9.63. The molecule has 6 heteroatoms. The SMILES string of the molecule is CC(=O)c1csc2c1CCN(Cc1cnc(N)nc1)C2. The number of Topliss-reactive ketones (excluding diaryl/α,β-unsaturated/α-hetero) is 1. The lowest BCUT2D eigenvalue weighted by molar-refractivity contribution is 0.101. The van der Waals surface area contributed by atoms with Crippen LogP contribution in [0.3, 0.4) is 0 Å². The van der Waals surface area contributed by atoms with E-state index >= 15 is 0 Å². The first-order valence-electron chi connectivity index (χ1n) is 6.52. The van der Waals surface area contributed by atoms with Gasteiger partial charge in [0.05, 0.1) is 0 Å². The predicted octanol–water partition coefficient (Wildman–Crippen LogP) is 1.88. The Bertz CT molecular complexity index is 635. The van der Waals surface area contributed by atoms with Gasteiger partial charge in [-0.15, -0.1) is 11.3 Å². The van der Waals surface area contributed by atoms with Crippen LogP contribution in [0.1, 0.15) is 33.3 Å². The van der Waals surface area contributed by atoms with Crippen molar-refractivity contribution >= 4 is 23.1 Å². The van der Waals surface area contributed by atoms with Gasteiger partial charge in [-0.3, -0.25) is 9.69 Å². The fourth-order valence-corrected chi connectivity index (χ4v) is 3.70. The van der Waals surface area contributed by atoms with Crippen molar-refractivity contribution in [2.75, 3.05) is 12.3 Å². The summed E-state index contributed by atoms with van der Waals surface area (Å²) in [6, 6.07) is 0. The zero-order chi connectivity index (χ0) is 14.1. The van der Waals surface area contributed by atoms with Crippen LogP contribution in [-0.4, -0.2) is 27.2 Å². The molecule has 0 saturated heterocycles. The Morgan fingerprint density at radius 2 is 2.20 bits per heavy atom. The molecule has 2 aromatic rings. The minimum absolute atomic E-state index is 0.169. The zero-order valence-electron chi connectivity index (χ0n) is 11.3. The van der Waals surface area contributed by atoms with Crippen LogP contribution >= 0.6 is 11.3 Å². The lowest BCUT2D eigenvalue weighted by atomic mass is 10.0. The van der Waals surface area contributed by atoms with E-state index < -0.39 is 0 Å². The normalized spacial score (nSPS) is 15.1. The molecule has 0 radical (unpaired) electrons. The van der Waals surface area contributed by atoms with Crippen LogP contribution in [0.2, 0.25) is 0 Å². The second kappa shape index (κ2) is 5.30. The van der Waals surface area contributed by atoms with Gasteiger partial charge in [-0.1, -0.05) is 0 Å². The molecule has 0 fully saturated rings. The third-order valence-electron chi connectivity index (χ3n) is 3.54. The fraction of sp³-hybridized carbons (Fsp3) is 0.357. The lowest BCUT2D eigenvalue weighted by Crippen LogP contribution is -2.29. The molecule has 0 aliphatic carbocycles. The van der Waals surface area contributed by atoms with Crippen molar-refractivity contribution in [3.8, 4) is 0 Å². The molecule has 0 atom stereocenters. The van der Waals surface area contributed by atoms with E-state index in [1.54, 1.807) is 30.7 Å². The molecule has 0 spiro atoms. The molecule has 20 heavy (non-hydrogen) atoms. The monoisotopic (exact) mass is 288 g/mol. The van der Waals surface area contributed by atoms with Gasteiger partial charge in [0.2, 0.25) is 5.95 Å². The summed E-state index contributed by atoms with van der Waals surface area (Å²) in [4.78, 5) is 23.2. The van der Waals surface area contributed by atoms with Gasteiger partial charge in [-0.2, -0.15) is 0 Å². The number of nitrogens with two attached hydrogens (primary N) is 1. The van der Waals surface area contributed by atoms with E-state index in [2.05, 4.69) is 14.9 Å². The molecule has 5 nitrogen and oxygen atoms in total. The number of anilines is 1. The largest absolute Gasteiger partial charge is 0.368 e. The summed E-state index contributed by atoms with van der Waals surface area (Å²) in [5.74, 6) is 0.474. The van der Waals surface area contributed by atoms with Crippen molar-refractivity contribution in [1.29, 1.82) is 0 Å². The number of carbonyl (C=O) groups is 1. The number of rotatable bonds is 3. The highest BCUT2D eigenvalue weighted by Crippen LogP contribution is 2.29. The fourth-order valence-electron chi connectivity index (χ4n) is 2.52. The molecule has 0 saturated carbocycles. The average Bonchev–Trinajstić information content (AvgIpc) is 2.84. The van der Waals surface area contributed by atoms with Crippen molar-refractivity contribution in [3.05, 3.63) is 39.3 Å². The van der Waals surface area contributed by atoms with Crippen LogP contribution < -0.4 is 5.73 Å². The third-order valence-corrected chi connectivity index (χ3v) is 4.55. The molecule has 3 heterocycles. The standard InChI is InChI=1S/C14H16N4OS/c1-9(19)12-8-20-13-7-18(3-2-11(12)13)6-10-4-16-14(15)17-5-10/h4-5,8H,2-3,6-7H2,1H3,(H2,15,16,17). The summed E-state index contributed by atoms with van der Waals surface area (Å²) in [5.41, 5.74) is 8.70. The van der Waals surface area contributed by atoms with Crippen molar-refractivity contribution in [2.24, 2.45) is 0 Å². The highest BCUT2D eigenvalue weighted by molar-refractivity contribution is 7.10. The summed E-state index contributed by atoms with van der Waals surface area (Å²) < 4.78 is 0. The maximum atomic E-state index is 11.5. The van der Waals surface area contributed by atoms with Crippen LogP contribution in [0.15, 0.2) is 17.8 Å². The maximum Gasteiger partial charge on any atom is 0.219 e. The Morgan fingerprint density at radius 3 is 2.90 bits per heavy atom. The number of hydrogen-bond acceptors (Lipinski definition) is 6. The van der Waals surface area contributed by atoms with Gasteiger partial charge >= 0.3 is 0 Å². The Morgan fingerprint density at radius 1 is 1.45 bits per heavy atom. The first-order valence-corrected chi connectivity index (χ1v) is 7.40. The van der Waals surface area contributed by atoms with Gasteiger partial charge in [0, 0.05) is 53.4 Å². The number of ketones is 1. The van der Waals surface area contributed by atoms with Crippen LogP contribution in [0, 0.1) is 0 Å².